The molecular weight excluding hydrogens is 443 g/mol. The molecule has 0 saturated heterocycles. The van der Waals surface area contributed by atoms with E-state index in [0.29, 0.717) is 27.6 Å². The molecule has 0 aliphatic rings. The summed E-state index contributed by atoms with van der Waals surface area (Å²) in [5, 5.41) is 1.25. The lowest BCUT2D eigenvalue weighted by Crippen LogP contribution is -2.42. The Kier molecular flexibility index (Phi) is 7.29. The van der Waals surface area contributed by atoms with Crippen molar-refractivity contribution in [2.45, 2.75) is 25.5 Å². The summed E-state index contributed by atoms with van der Waals surface area (Å²) >= 11 is 7.10. The third-order valence-corrected chi connectivity index (χ3v) is 5.39. The van der Waals surface area contributed by atoms with E-state index >= 15 is 0 Å². The highest BCUT2D eigenvalue weighted by Gasteiger charge is 2.15. The lowest BCUT2D eigenvalue weighted by molar-refractivity contribution is -0.119. The number of nitrogens with one attached hydrogen (secondary N) is 2. The number of carbonyl (C=O) groups is 2. The minimum atomic E-state index is -0.573. The molecule has 0 bridgehead atoms. The Morgan fingerprint density at radius 3 is 2.55 bits per heavy atom. The summed E-state index contributed by atoms with van der Waals surface area (Å²) in [6.07, 6.45) is 0. The first-order valence-electron chi connectivity index (χ1n) is 9.42. The van der Waals surface area contributed by atoms with Crippen LogP contribution in [-0.2, 0) is 11.3 Å². The predicted octanol–water partition coefficient (Wildman–Crippen LogP) is 3.40. The van der Waals surface area contributed by atoms with E-state index in [0.717, 1.165) is 23.9 Å². The van der Waals surface area contributed by atoms with Gasteiger partial charge < -0.3 is 0 Å². The van der Waals surface area contributed by atoms with Crippen LogP contribution < -0.4 is 16.4 Å². The molecule has 1 heterocycles. The number of hydrazine groups is 1. The number of hydrogen-bond donors (Lipinski definition) is 2. The van der Waals surface area contributed by atoms with Gasteiger partial charge in [0.15, 0.2) is 5.16 Å². The van der Waals surface area contributed by atoms with E-state index in [1.165, 1.54) is 16.7 Å². The number of thioether (sulfide) groups is 1. The fourth-order valence-corrected chi connectivity index (χ4v) is 3.76. The van der Waals surface area contributed by atoms with Crippen molar-refractivity contribution in [1.29, 1.82) is 0 Å². The molecule has 0 aliphatic carbocycles. The maximum atomic E-state index is 12.9. The van der Waals surface area contributed by atoms with Crippen LogP contribution in [0.1, 0.15) is 24.2 Å². The summed E-state index contributed by atoms with van der Waals surface area (Å²) in [4.78, 5) is 41.7. The van der Waals surface area contributed by atoms with Crippen molar-refractivity contribution >= 4 is 46.1 Å². The second kappa shape index (κ2) is 9.93. The summed E-state index contributed by atoms with van der Waals surface area (Å²) in [7, 11) is 0. The van der Waals surface area contributed by atoms with Gasteiger partial charge in [-0.25, -0.2) is 9.37 Å². The molecule has 1 aromatic heterocycles. The largest absolute Gasteiger partial charge is 0.287 e. The quantitative estimate of drug-likeness (QED) is 0.333. The molecule has 3 rings (SSSR count). The first-order chi connectivity index (χ1) is 14.7. The van der Waals surface area contributed by atoms with E-state index in [4.69, 9.17) is 11.6 Å². The van der Waals surface area contributed by atoms with Crippen LogP contribution in [0.2, 0.25) is 5.02 Å². The lowest BCUT2D eigenvalue weighted by Gasteiger charge is -2.15. The van der Waals surface area contributed by atoms with Gasteiger partial charge in [-0.1, -0.05) is 37.2 Å². The molecule has 0 radical (unpaired) electrons. The molecular formula is C21H20ClFN4O3S. The summed E-state index contributed by atoms with van der Waals surface area (Å²) < 4.78 is 14.5. The first kappa shape index (κ1) is 22.8. The first-order valence-corrected chi connectivity index (χ1v) is 10.8. The zero-order valence-electron chi connectivity index (χ0n) is 16.8. The number of halogens is 2. The molecule has 162 valence electrons. The average Bonchev–Trinajstić information content (AvgIpc) is 2.73. The fourth-order valence-electron chi connectivity index (χ4n) is 2.78. The zero-order chi connectivity index (χ0) is 22.5. The van der Waals surface area contributed by atoms with E-state index < -0.39 is 17.6 Å². The SMILES string of the molecule is CC(C)Cn1c(SCC(=O)NNC(=O)c2ccc(F)cc2)nc2ccc(Cl)cc2c1=O. The van der Waals surface area contributed by atoms with Crippen molar-refractivity contribution in [1.82, 2.24) is 20.4 Å². The molecule has 0 unspecified atom stereocenters. The van der Waals surface area contributed by atoms with Gasteiger partial charge in [-0.15, -0.1) is 0 Å². The van der Waals surface area contributed by atoms with Crippen LogP contribution in [0.5, 0.6) is 0 Å². The van der Waals surface area contributed by atoms with Gasteiger partial charge in [0.2, 0.25) is 5.91 Å². The number of fused-ring (bicyclic) bond motifs is 1. The number of carbonyl (C=O) groups excluding carboxylic acids is 2. The van der Waals surface area contributed by atoms with E-state index in [9.17, 15) is 18.8 Å². The van der Waals surface area contributed by atoms with Crippen molar-refractivity contribution in [2.75, 3.05) is 5.75 Å². The zero-order valence-corrected chi connectivity index (χ0v) is 18.4. The van der Waals surface area contributed by atoms with Crippen LogP contribution in [0.15, 0.2) is 52.4 Å². The Labute approximate surface area is 187 Å². The van der Waals surface area contributed by atoms with Gasteiger partial charge in [-0.2, -0.15) is 0 Å². The Balaban J connectivity index is 1.71. The summed E-state index contributed by atoms with van der Waals surface area (Å²) in [5.41, 5.74) is 5.03. The van der Waals surface area contributed by atoms with Crippen LogP contribution in [0, 0.1) is 11.7 Å². The topological polar surface area (TPSA) is 93.1 Å². The van der Waals surface area contributed by atoms with Crippen LogP contribution >= 0.6 is 23.4 Å². The molecule has 10 heteroatoms. The van der Waals surface area contributed by atoms with Crippen molar-refractivity contribution < 1.29 is 14.0 Å². The van der Waals surface area contributed by atoms with E-state index in [-0.39, 0.29) is 22.8 Å². The highest BCUT2D eigenvalue weighted by atomic mass is 35.5. The van der Waals surface area contributed by atoms with Gasteiger partial charge in [0.1, 0.15) is 5.82 Å². The molecule has 2 N–H and O–H groups in total. The Morgan fingerprint density at radius 2 is 1.87 bits per heavy atom. The minimum Gasteiger partial charge on any atom is -0.287 e. The molecule has 2 amide bonds. The van der Waals surface area contributed by atoms with Gasteiger partial charge in [-0.3, -0.25) is 29.8 Å². The number of benzene rings is 2. The lowest BCUT2D eigenvalue weighted by atomic mass is 10.2. The van der Waals surface area contributed by atoms with Gasteiger partial charge in [-0.05, 0) is 48.4 Å². The Morgan fingerprint density at radius 1 is 1.16 bits per heavy atom. The minimum absolute atomic E-state index is 0.0761. The van der Waals surface area contributed by atoms with Crippen LogP contribution in [-0.4, -0.2) is 27.1 Å². The molecule has 3 aromatic rings. The van der Waals surface area contributed by atoms with Crippen LogP contribution in [0.4, 0.5) is 4.39 Å². The summed E-state index contributed by atoms with van der Waals surface area (Å²) in [5.74, 6) is -1.42. The van der Waals surface area contributed by atoms with Gasteiger partial charge in [0, 0.05) is 17.1 Å². The van der Waals surface area contributed by atoms with Crippen molar-refractivity contribution in [3.63, 3.8) is 0 Å². The normalized spacial score (nSPS) is 11.0. The highest BCUT2D eigenvalue weighted by molar-refractivity contribution is 7.99. The van der Waals surface area contributed by atoms with Crippen molar-refractivity contribution in [2.24, 2.45) is 5.92 Å². The maximum Gasteiger partial charge on any atom is 0.269 e. The molecule has 0 spiro atoms. The van der Waals surface area contributed by atoms with Crippen LogP contribution in [0.3, 0.4) is 0 Å². The number of amides is 2. The molecule has 7 nitrogen and oxygen atoms in total. The van der Waals surface area contributed by atoms with E-state index in [2.05, 4.69) is 15.8 Å². The number of nitrogens with zero attached hydrogens (tertiary/aromatic N) is 2. The molecule has 0 aliphatic heterocycles. The third-order valence-electron chi connectivity index (χ3n) is 4.18. The van der Waals surface area contributed by atoms with Crippen molar-refractivity contribution in [3.05, 3.63) is 69.2 Å². The van der Waals surface area contributed by atoms with E-state index in [1.54, 1.807) is 18.2 Å². The summed E-state index contributed by atoms with van der Waals surface area (Å²) in [6, 6.07) is 9.80. The Bertz CT molecular complexity index is 1180. The summed E-state index contributed by atoms with van der Waals surface area (Å²) in [6.45, 7) is 4.38. The van der Waals surface area contributed by atoms with Crippen molar-refractivity contribution in [3.8, 4) is 0 Å². The van der Waals surface area contributed by atoms with Crippen LogP contribution in [0.25, 0.3) is 10.9 Å². The van der Waals surface area contributed by atoms with Gasteiger partial charge >= 0.3 is 0 Å². The maximum absolute atomic E-state index is 12.9. The highest BCUT2D eigenvalue weighted by Crippen LogP contribution is 2.21. The number of rotatable bonds is 6. The number of aromatic nitrogens is 2. The number of hydrogen-bond acceptors (Lipinski definition) is 5. The van der Waals surface area contributed by atoms with Gasteiger partial charge in [0.05, 0.1) is 16.7 Å². The molecule has 2 aromatic carbocycles. The second-order valence-corrected chi connectivity index (χ2v) is 8.54. The monoisotopic (exact) mass is 462 g/mol. The third kappa shape index (κ3) is 5.83. The molecule has 0 fully saturated rings. The molecule has 31 heavy (non-hydrogen) atoms. The molecule has 0 saturated carbocycles. The predicted molar refractivity (Wildman–Crippen MR) is 119 cm³/mol. The standard InChI is InChI=1S/C21H20ClFN4O3S/c1-12(2)10-27-20(30)16-9-14(22)5-8-17(16)24-21(27)31-11-18(28)25-26-19(29)13-3-6-15(23)7-4-13/h3-9,12H,10-11H2,1-2H3,(H,25,28)(H,26,29). The van der Waals surface area contributed by atoms with Gasteiger partial charge in [0.25, 0.3) is 11.5 Å². The fraction of sp³-hybridized carbons (Fsp3) is 0.238. The Hall–Kier alpha value is -2.91. The average molecular weight is 463 g/mol. The second-order valence-electron chi connectivity index (χ2n) is 7.16. The smallest absolute Gasteiger partial charge is 0.269 e. The molecule has 0 atom stereocenters. The van der Waals surface area contributed by atoms with E-state index in [1.807, 2.05) is 13.8 Å².